The molecule has 2 fully saturated rings. The molecule has 9 nitrogen and oxygen atoms in total. The molecule has 11 heteroatoms. The van der Waals surface area contributed by atoms with Crippen molar-refractivity contribution in [3.8, 4) is 0 Å². The van der Waals surface area contributed by atoms with Crippen LogP contribution in [0.15, 0.2) is 36.7 Å². The van der Waals surface area contributed by atoms with E-state index in [9.17, 15) is 13.5 Å². The first-order valence-corrected chi connectivity index (χ1v) is 15.4. The molecule has 5 rings (SSSR count). The van der Waals surface area contributed by atoms with Gasteiger partial charge in [-0.05, 0) is 55.3 Å². The maximum absolute atomic E-state index is 15.1. The fraction of sp³-hybridized carbons (Fsp3) is 0.536. The second kappa shape index (κ2) is 9.85. The third-order valence-electron chi connectivity index (χ3n) is 8.03. The van der Waals surface area contributed by atoms with Crippen molar-refractivity contribution in [2.24, 2.45) is 5.92 Å². The lowest BCUT2D eigenvalue weighted by atomic mass is 9.81. The predicted molar refractivity (Wildman–Crippen MR) is 154 cm³/mol. The smallest absolute Gasteiger partial charge is 0.227 e. The van der Waals surface area contributed by atoms with Gasteiger partial charge in [-0.1, -0.05) is 19.9 Å². The lowest BCUT2D eigenvalue weighted by Crippen LogP contribution is -2.59. The van der Waals surface area contributed by atoms with Gasteiger partial charge in [-0.2, -0.15) is 4.98 Å². The van der Waals surface area contributed by atoms with Gasteiger partial charge in [0, 0.05) is 55.3 Å². The maximum Gasteiger partial charge on any atom is 0.227 e. The van der Waals surface area contributed by atoms with Crippen molar-refractivity contribution in [2.45, 2.75) is 51.3 Å². The Morgan fingerprint density at radius 3 is 2.54 bits per heavy atom. The number of pyridine rings is 1. The van der Waals surface area contributed by atoms with Crippen LogP contribution in [0.3, 0.4) is 0 Å². The maximum atomic E-state index is 15.1. The van der Waals surface area contributed by atoms with Crippen LogP contribution in [-0.4, -0.2) is 77.9 Å². The minimum Gasteiger partial charge on any atom is -0.387 e. The van der Waals surface area contributed by atoms with Crippen LogP contribution in [0.1, 0.15) is 45.6 Å². The molecule has 2 aromatic heterocycles. The molecule has 0 saturated carbocycles. The number of aromatic nitrogens is 3. The minimum absolute atomic E-state index is 0.000252. The van der Waals surface area contributed by atoms with Crippen molar-refractivity contribution in [3.05, 3.63) is 42.2 Å². The van der Waals surface area contributed by atoms with Gasteiger partial charge in [0.15, 0.2) is 5.67 Å². The molecule has 0 amide bonds. The van der Waals surface area contributed by atoms with Crippen LogP contribution >= 0.6 is 0 Å². The first-order chi connectivity index (χ1) is 18.2. The van der Waals surface area contributed by atoms with Crippen molar-refractivity contribution < 1.29 is 17.9 Å². The van der Waals surface area contributed by atoms with E-state index < -0.39 is 21.1 Å². The number of anilines is 4. The molecule has 210 valence electrons. The molecule has 0 bridgehead atoms. The van der Waals surface area contributed by atoms with E-state index >= 15 is 4.39 Å². The summed E-state index contributed by atoms with van der Waals surface area (Å²) >= 11 is 0. The van der Waals surface area contributed by atoms with Gasteiger partial charge >= 0.3 is 0 Å². The van der Waals surface area contributed by atoms with E-state index in [4.69, 9.17) is 0 Å². The van der Waals surface area contributed by atoms with Gasteiger partial charge in [-0.15, -0.1) is 0 Å². The summed E-state index contributed by atoms with van der Waals surface area (Å²) in [5.41, 5.74) is -0.938. The van der Waals surface area contributed by atoms with Gasteiger partial charge < -0.3 is 20.2 Å². The molecule has 2 atom stereocenters. The molecule has 2 aliphatic heterocycles. The summed E-state index contributed by atoms with van der Waals surface area (Å²) in [6.45, 7) is 9.10. The number of fused-ring (bicyclic) bond motifs is 1. The van der Waals surface area contributed by atoms with Crippen molar-refractivity contribution in [1.82, 2.24) is 15.0 Å². The lowest BCUT2D eigenvalue weighted by Gasteiger charge is -2.45. The van der Waals surface area contributed by atoms with Crippen molar-refractivity contribution >= 4 is 43.9 Å². The summed E-state index contributed by atoms with van der Waals surface area (Å²) in [5, 5.41) is 15.8. The average Bonchev–Trinajstić information content (AvgIpc) is 2.82. The average molecular weight is 557 g/mol. The first kappa shape index (κ1) is 27.5. The van der Waals surface area contributed by atoms with Gasteiger partial charge in [-0.3, -0.25) is 0 Å². The van der Waals surface area contributed by atoms with Crippen LogP contribution in [0, 0.1) is 5.92 Å². The van der Waals surface area contributed by atoms with E-state index in [2.05, 4.69) is 51.1 Å². The molecule has 4 heterocycles. The Morgan fingerprint density at radius 1 is 1.13 bits per heavy atom. The monoisotopic (exact) mass is 556 g/mol. The largest absolute Gasteiger partial charge is 0.387 e. The molecule has 2 N–H and O–H groups in total. The number of piperidine rings is 1. The zero-order valence-electron chi connectivity index (χ0n) is 23.1. The van der Waals surface area contributed by atoms with E-state index in [-0.39, 0.29) is 24.6 Å². The second-order valence-corrected chi connectivity index (χ2v) is 14.0. The summed E-state index contributed by atoms with van der Waals surface area (Å²) in [5.74, 6) is 2.21. The van der Waals surface area contributed by atoms with Crippen molar-refractivity contribution in [1.29, 1.82) is 0 Å². The molecule has 0 aliphatic carbocycles. The molecular formula is C28H37FN6O3S. The normalized spacial score (nSPS) is 24.3. The summed E-state index contributed by atoms with van der Waals surface area (Å²) in [6, 6.07) is 8.00. The topological polar surface area (TPSA) is 112 Å². The number of halogens is 1. The Labute approximate surface area is 229 Å². The second-order valence-electron chi connectivity index (χ2n) is 11.8. The van der Waals surface area contributed by atoms with Gasteiger partial charge in [0.2, 0.25) is 5.95 Å². The molecule has 39 heavy (non-hydrogen) atoms. The number of hydrogen-bond donors (Lipinski definition) is 2. The Bertz CT molecular complexity index is 1490. The highest BCUT2D eigenvalue weighted by atomic mass is 32.2. The van der Waals surface area contributed by atoms with Crippen LogP contribution in [0.25, 0.3) is 10.8 Å². The van der Waals surface area contributed by atoms with E-state index in [1.807, 2.05) is 12.3 Å². The van der Waals surface area contributed by atoms with Crippen LogP contribution < -0.4 is 15.1 Å². The zero-order chi connectivity index (χ0) is 28.2. The first-order valence-electron chi connectivity index (χ1n) is 13.3. The van der Waals surface area contributed by atoms with E-state index in [0.717, 1.165) is 16.5 Å². The highest BCUT2D eigenvalue weighted by Crippen LogP contribution is 2.38. The molecule has 0 radical (unpaired) electrons. The van der Waals surface area contributed by atoms with E-state index in [1.54, 1.807) is 17.2 Å². The molecule has 1 aromatic carbocycles. The number of nitrogens with one attached hydrogen (secondary N) is 1. The molecule has 3 aromatic rings. The minimum atomic E-state index is -3.00. The summed E-state index contributed by atoms with van der Waals surface area (Å²) in [4.78, 5) is 17.6. The summed E-state index contributed by atoms with van der Waals surface area (Å²) < 4.78 is 38.5. The Morgan fingerprint density at radius 2 is 1.87 bits per heavy atom. The molecular weight excluding hydrogens is 519 g/mol. The van der Waals surface area contributed by atoms with Crippen LogP contribution in [-0.2, 0) is 9.84 Å². The SMILES string of the molecule is CC(C)c1ccc(N2CC(CS(C)(=O)=O)C2)c2cnc(Nc3ccnc(N4CC[C@](C)(O)[C@@](C)(F)C4)n3)cc12. The summed E-state index contributed by atoms with van der Waals surface area (Å²) in [7, 11) is -3.00. The standard InChI is InChI=1S/C28H37FN6O3S/c1-18(2)20-6-7-23(35-14-19(15-35)16-39(5,37)38)22-13-31-25(12-21(20)22)32-24-8-10-30-26(33-24)34-11-9-28(4,36)27(3,29)17-34/h6-8,10,12-13,18-19,36H,9,11,14-17H2,1-5H3,(H,30,31,32,33)/t27-,28-/m0/s1. The quantitative estimate of drug-likeness (QED) is 0.445. The van der Waals surface area contributed by atoms with Gasteiger partial charge in [0.1, 0.15) is 21.5 Å². The fourth-order valence-electron chi connectivity index (χ4n) is 5.49. The zero-order valence-corrected chi connectivity index (χ0v) is 24.0. The number of benzene rings is 1. The van der Waals surface area contributed by atoms with E-state index in [0.29, 0.717) is 43.1 Å². The highest BCUT2D eigenvalue weighted by Gasteiger charge is 2.48. The van der Waals surface area contributed by atoms with Gasteiger partial charge in [0.25, 0.3) is 0 Å². The molecule has 0 spiro atoms. The molecule has 2 saturated heterocycles. The summed E-state index contributed by atoms with van der Waals surface area (Å²) in [6.07, 6.45) is 5.05. The number of aliphatic hydroxyl groups is 1. The van der Waals surface area contributed by atoms with Gasteiger partial charge in [0.05, 0.1) is 17.9 Å². The van der Waals surface area contributed by atoms with Crippen molar-refractivity contribution in [2.75, 3.05) is 53.3 Å². The van der Waals surface area contributed by atoms with Gasteiger partial charge in [-0.25, -0.2) is 22.8 Å². The number of alkyl halides is 1. The Balaban J connectivity index is 1.39. The molecule has 0 unspecified atom stereocenters. The van der Waals surface area contributed by atoms with E-state index in [1.165, 1.54) is 25.7 Å². The predicted octanol–water partition coefficient (Wildman–Crippen LogP) is 4.06. The molecule has 2 aliphatic rings. The third kappa shape index (κ3) is 5.65. The van der Waals surface area contributed by atoms with Crippen LogP contribution in [0.2, 0.25) is 0 Å². The number of hydrogen-bond acceptors (Lipinski definition) is 9. The third-order valence-corrected chi connectivity index (χ3v) is 9.11. The Hall–Kier alpha value is -3.05. The van der Waals surface area contributed by atoms with Crippen molar-refractivity contribution in [3.63, 3.8) is 0 Å². The highest BCUT2D eigenvalue weighted by molar-refractivity contribution is 7.90. The number of nitrogens with zero attached hydrogens (tertiary/aromatic N) is 5. The van der Waals surface area contributed by atoms with Crippen LogP contribution in [0.4, 0.5) is 27.7 Å². The number of rotatable bonds is 7. The van der Waals surface area contributed by atoms with Crippen LogP contribution in [0.5, 0.6) is 0 Å². The fourth-order valence-corrected chi connectivity index (χ4v) is 6.55. The number of sulfone groups is 1. The Kier molecular flexibility index (Phi) is 6.95. The lowest BCUT2D eigenvalue weighted by molar-refractivity contribution is -0.0924.